The van der Waals surface area contributed by atoms with Crippen molar-refractivity contribution < 1.29 is 19.0 Å². The van der Waals surface area contributed by atoms with Gasteiger partial charge in [-0.05, 0) is 25.5 Å². The Balaban J connectivity index is 2.06. The molecule has 1 aromatic rings. The van der Waals surface area contributed by atoms with Gasteiger partial charge in [0, 0.05) is 24.7 Å². The maximum Gasteiger partial charge on any atom is 0.224 e. The molecule has 6 nitrogen and oxygen atoms in total. The quantitative estimate of drug-likeness (QED) is 0.830. The summed E-state index contributed by atoms with van der Waals surface area (Å²) in [7, 11) is 4.76. The average molecular weight is 308 g/mol. The zero-order valence-electron chi connectivity index (χ0n) is 13.4. The topological polar surface area (TPSA) is 68.8 Å². The molecule has 1 saturated heterocycles. The van der Waals surface area contributed by atoms with Gasteiger partial charge in [0.1, 0.15) is 5.75 Å². The van der Waals surface area contributed by atoms with E-state index in [1.807, 2.05) is 6.07 Å². The van der Waals surface area contributed by atoms with Gasteiger partial charge < -0.3 is 24.8 Å². The van der Waals surface area contributed by atoms with Gasteiger partial charge in [-0.15, -0.1) is 0 Å². The summed E-state index contributed by atoms with van der Waals surface area (Å²) in [5.41, 5.74) is 0.859. The van der Waals surface area contributed by atoms with E-state index in [9.17, 15) is 4.79 Å². The minimum absolute atomic E-state index is 0.0416. The Hall–Kier alpha value is -1.95. The normalized spacial score (nSPS) is 17.7. The van der Waals surface area contributed by atoms with Crippen LogP contribution in [0.4, 0.5) is 0 Å². The summed E-state index contributed by atoms with van der Waals surface area (Å²) >= 11 is 0. The third-order valence-electron chi connectivity index (χ3n) is 3.91. The number of hydrogen-bond acceptors (Lipinski definition) is 5. The van der Waals surface area contributed by atoms with Crippen molar-refractivity contribution in [3.63, 3.8) is 0 Å². The summed E-state index contributed by atoms with van der Waals surface area (Å²) in [6.45, 7) is 2.14. The van der Waals surface area contributed by atoms with Crippen LogP contribution in [-0.4, -0.2) is 40.3 Å². The van der Waals surface area contributed by atoms with E-state index in [1.165, 1.54) is 0 Å². The van der Waals surface area contributed by atoms with Crippen LogP contribution in [0, 0.1) is 5.92 Å². The fourth-order valence-electron chi connectivity index (χ4n) is 2.63. The monoisotopic (exact) mass is 308 g/mol. The molecule has 0 bridgehead atoms. The van der Waals surface area contributed by atoms with Crippen molar-refractivity contribution in [3.05, 3.63) is 17.7 Å². The summed E-state index contributed by atoms with van der Waals surface area (Å²) in [5.74, 6) is 2.00. The molecule has 2 rings (SSSR count). The van der Waals surface area contributed by atoms with Crippen molar-refractivity contribution in [1.29, 1.82) is 0 Å². The van der Waals surface area contributed by atoms with Crippen molar-refractivity contribution in [2.75, 3.05) is 34.4 Å². The Bertz CT molecular complexity index is 513. The molecular weight excluding hydrogens is 284 g/mol. The Kier molecular flexibility index (Phi) is 5.89. The molecule has 1 aliphatic rings. The van der Waals surface area contributed by atoms with Crippen LogP contribution < -0.4 is 24.8 Å². The lowest BCUT2D eigenvalue weighted by molar-refractivity contribution is -0.125. The van der Waals surface area contributed by atoms with Gasteiger partial charge in [-0.3, -0.25) is 4.79 Å². The Morgan fingerprint density at radius 2 is 1.86 bits per heavy atom. The van der Waals surface area contributed by atoms with Crippen molar-refractivity contribution in [2.24, 2.45) is 5.92 Å². The molecule has 1 fully saturated rings. The van der Waals surface area contributed by atoms with E-state index in [0.29, 0.717) is 23.8 Å². The van der Waals surface area contributed by atoms with Crippen LogP contribution in [0.1, 0.15) is 18.4 Å². The number of nitrogens with one attached hydrogen (secondary N) is 2. The highest BCUT2D eigenvalue weighted by Crippen LogP contribution is 2.34. The predicted octanol–water partition coefficient (Wildman–Crippen LogP) is 1.33. The van der Waals surface area contributed by atoms with Gasteiger partial charge in [0.15, 0.2) is 11.5 Å². The summed E-state index contributed by atoms with van der Waals surface area (Å²) in [4.78, 5) is 12.2. The number of benzene rings is 1. The van der Waals surface area contributed by atoms with Crippen molar-refractivity contribution in [1.82, 2.24) is 10.6 Å². The molecule has 1 amide bonds. The molecule has 0 saturated carbocycles. The molecule has 0 spiro atoms. The van der Waals surface area contributed by atoms with Crippen LogP contribution in [-0.2, 0) is 11.3 Å². The van der Waals surface area contributed by atoms with E-state index in [1.54, 1.807) is 27.4 Å². The second-order valence-electron chi connectivity index (χ2n) is 5.28. The summed E-state index contributed by atoms with van der Waals surface area (Å²) in [6, 6.07) is 3.60. The van der Waals surface area contributed by atoms with Crippen LogP contribution in [0.5, 0.6) is 17.2 Å². The van der Waals surface area contributed by atoms with Gasteiger partial charge in [-0.1, -0.05) is 0 Å². The lowest BCUT2D eigenvalue weighted by Crippen LogP contribution is -2.40. The van der Waals surface area contributed by atoms with E-state index in [2.05, 4.69) is 10.6 Å². The van der Waals surface area contributed by atoms with Crippen LogP contribution in [0.25, 0.3) is 0 Å². The lowest BCUT2D eigenvalue weighted by Gasteiger charge is -2.22. The van der Waals surface area contributed by atoms with E-state index in [4.69, 9.17) is 14.2 Å². The highest BCUT2D eigenvalue weighted by atomic mass is 16.5. The maximum absolute atomic E-state index is 12.2. The number of amides is 1. The van der Waals surface area contributed by atoms with Crippen LogP contribution >= 0.6 is 0 Å². The first-order valence-corrected chi connectivity index (χ1v) is 7.47. The highest BCUT2D eigenvalue weighted by Gasteiger charge is 2.21. The fourth-order valence-corrected chi connectivity index (χ4v) is 2.63. The first kappa shape index (κ1) is 16.4. The SMILES string of the molecule is COc1cc(OC)c(OC)cc1CNC(=O)[C@@H]1CCCNC1. The van der Waals surface area contributed by atoms with Crippen molar-refractivity contribution >= 4 is 5.91 Å². The molecule has 1 aromatic carbocycles. The van der Waals surface area contributed by atoms with Gasteiger partial charge in [-0.2, -0.15) is 0 Å². The number of rotatable bonds is 6. The number of carbonyl (C=O) groups is 1. The Labute approximate surface area is 131 Å². The first-order chi connectivity index (χ1) is 10.7. The van der Waals surface area contributed by atoms with Gasteiger partial charge in [-0.25, -0.2) is 0 Å². The standard InChI is InChI=1S/C16H24N2O4/c1-20-13-8-15(22-3)14(21-2)7-12(13)10-18-16(19)11-5-4-6-17-9-11/h7-8,11,17H,4-6,9-10H2,1-3H3,(H,18,19)/t11-/m1/s1. The van der Waals surface area contributed by atoms with Gasteiger partial charge in [0.05, 0.1) is 27.2 Å². The molecule has 122 valence electrons. The number of methoxy groups -OCH3 is 3. The molecule has 1 atom stereocenters. The molecule has 0 aliphatic carbocycles. The second kappa shape index (κ2) is 7.89. The molecule has 6 heteroatoms. The molecule has 1 aliphatic heterocycles. The molecule has 1 heterocycles. The average Bonchev–Trinajstić information content (AvgIpc) is 2.59. The molecule has 0 unspecified atom stereocenters. The third-order valence-corrected chi connectivity index (χ3v) is 3.91. The molecule has 22 heavy (non-hydrogen) atoms. The van der Waals surface area contributed by atoms with Crippen LogP contribution in [0.3, 0.4) is 0 Å². The number of piperidine rings is 1. The summed E-state index contributed by atoms with van der Waals surface area (Å²) < 4.78 is 15.9. The summed E-state index contributed by atoms with van der Waals surface area (Å²) in [6.07, 6.45) is 1.97. The zero-order valence-corrected chi connectivity index (χ0v) is 13.4. The van der Waals surface area contributed by atoms with Crippen molar-refractivity contribution in [2.45, 2.75) is 19.4 Å². The zero-order chi connectivity index (χ0) is 15.9. The van der Waals surface area contributed by atoms with E-state index in [0.717, 1.165) is 31.5 Å². The first-order valence-electron chi connectivity index (χ1n) is 7.47. The Morgan fingerprint density at radius 1 is 1.18 bits per heavy atom. The molecule has 0 radical (unpaired) electrons. The van der Waals surface area contributed by atoms with Gasteiger partial charge in [0.25, 0.3) is 0 Å². The fraction of sp³-hybridized carbons (Fsp3) is 0.562. The molecule has 2 N–H and O–H groups in total. The number of carbonyl (C=O) groups excluding carboxylic acids is 1. The van der Waals surface area contributed by atoms with Crippen molar-refractivity contribution in [3.8, 4) is 17.2 Å². The third kappa shape index (κ3) is 3.82. The van der Waals surface area contributed by atoms with E-state index < -0.39 is 0 Å². The van der Waals surface area contributed by atoms with E-state index >= 15 is 0 Å². The highest BCUT2D eigenvalue weighted by molar-refractivity contribution is 5.79. The minimum Gasteiger partial charge on any atom is -0.496 e. The number of ether oxygens (including phenoxy) is 3. The second-order valence-corrected chi connectivity index (χ2v) is 5.28. The molecule has 0 aromatic heterocycles. The lowest BCUT2D eigenvalue weighted by atomic mass is 9.99. The minimum atomic E-state index is 0.0416. The molecular formula is C16H24N2O4. The largest absolute Gasteiger partial charge is 0.496 e. The summed E-state index contributed by atoms with van der Waals surface area (Å²) in [5, 5.41) is 6.22. The maximum atomic E-state index is 12.2. The van der Waals surface area contributed by atoms with Crippen LogP contribution in [0.2, 0.25) is 0 Å². The smallest absolute Gasteiger partial charge is 0.224 e. The van der Waals surface area contributed by atoms with E-state index in [-0.39, 0.29) is 11.8 Å². The van der Waals surface area contributed by atoms with Crippen LogP contribution in [0.15, 0.2) is 12.1 Å². The predicted molar refractivity (Wildman–Crippen MR) is 83.5 cm³/mol. The van der Waals surface area contributed by atoms with Gasteiger partial charge in [0.2, 0.25) is 5.91 Å². The van der Waals surface area contributed by atoms with Gasteiger partial charge >= 0.3 is 0 Å². The number of hydrogen-bond donors (Lipinski definition) is 2. The Morgan fingerprint density at radius 3 is 2.45 bits per heavy atom.